The topological polar surface area (TPSA) is 29.5 Å². The molecule has 2 heteroatoms. The summed E-state index contributed by atoms with van der Waals surface area (Å²) in [6, 6.07) is 8.13. The van der Waals surface area contributed by atoms with Crippen LogP contribution in [0.15, 0.2) is 24.3 Å². The molecule has 18 heavy (non-hydrogen) atoms. The van der Waals surface area contributed by atoms with Gasteiger partial charge in [0, 0.05) is 0 Å². The van der Waals surface area contributed by atoms with Crippen LogP contribution in [0.1, 0.15) is 44.6 Å². The van der Waals surface area contributed by atoms with E-state index in [0.717, 1.165) is 30.9 Å². The molecule has 2 rings (SSSR count). The van der Waals surface area contributed by atoms with Crippen LogP contribution in [0.25, 0.3) is 0 Å². The molecule has 0 bridgehead atoms. The molecule has 100 valence electrons. The normalized spacial score (nSPS) is 19.1. The lowest BCUT2D eigenvalue weighted by molar-refractivity contribution is 0.0128. The van der Waals surface area contributed by atoms with Crippen molar-refractivity contribution in [2.75, 3.05) is 7.11 Å². The van der Waals surface area contributed by atoms with Gasteiger partial charge in [0.25, 0.3) is 0 Å². The van der Waals surface area contributed by atoms with Crippen molar-refractivity contribution in [3.8, 4) is 5.75 Å². The van der Waals surface area contributed by atoms with Crippen LogP contribution in [0.4, 0.5) is 0 Å². The molecule has 1 fully saturated rings. The number of ether oxygens (including phenoxy) is 1. The first-order chi connectivity index (χ1) is 8.59. The van der Waals surface area contributed by atoms with Crippen molar-refractivity contribution < 1.29 is 9.84 Å². The highest BCUT2D eigenvalue weighted by molar-refractivity contribution is 5.27. The maximum absolute atomic E-state index is 10.4. The van der Waals surface area contributed by atoms with Crippen LogP contribution < -0.4 is 4.74 Å². The summed E-state index contributed by atoms with van der Waals surface area (Å²) in [4.78, 5) is 0. The van der Waals surface area contributed by atoms with Gasteiger partial charge >= 0.3 is 0 Å². The molecule has 1 aliphatic rings. The number of rotatable bonds is 6. The summed E-state index contributed by atoms with van der Waals surface area (Å²) < 4.78 is 5.14. The fourth-order valence-corrected chi connectivity index (χ4v) is 2.63. The van der Waals surface area contributed by atoms with Gasteiger partial charge in [0.1, 0.15) is 5.75 Å². The van der Waals surface area contributed by atoms with Crippen molar-refractivity contribution in [2.45, 2.75) is 51.0 Å². The number of aryl methyl sites for hydroxylation is 1. The van der Waals surface area contributed by atoms with Crippen molar-refractivity contribution in [3.63, 3.8) is 0 Å². The van der Waals surface area contributed by atoms with Crippen molar-refractivity contribution >= 4 is 0 Å². The van der Waals surface area contributed by atoms with E-state index in [4.69, 9.17) is 4.74 Å². The molecule has 1 unspecified atom stereocenters. The van der Waals surface area contributed by atoms with E-state index < -0.39 is 5.60 Å². The Hall–Kier alpha value is -1.02. The van der Waals surface area contributed by atoms with Gasteiger partial charge in [-0.1, -0.05) is 31.4 Å². The zero-order chi connectivity index (χ0) is 13.0. The van der Waals surface area contributed by atoms with Crippen molar-refractivity contribution in [1.29, 1.82) is 0 Å². The minimum absolute atomic E-state index is 0.509. The van der Waals surface area contributed by atoms with Gasteiger partial charge in [-0.05, 0) is 49.8 Å². The lowest BCUT2D eigenvalue weighted by Crippen LogP contribution is -2.30. The Morgan fingerprint density at radius 1 is 1.28 bits per heavy atom. The van der Waals surface area contributed by atoms with E-state index in [2.05, 4.69) is 12.1 Å². The van der Waals surface area contributed by atoms with Crippen LogP contribution in [-0.2, 0) is 6.42 Å². The van der Waals surface area contributed by atoms with Gasteiger partial charge in [-0.15, -0.1) is 0 Å². The Morgan fingerprint density at radius 2 is 1.94 bits per heavy atom. The first-order valence-corrected chi connectivity index (χ1v) is 6.94. The minimum Gasteiger partial charge on any atom is -0.497 e. The Labute approximate surface area is 110 Å². The van der Waals surface area contributed by atoms with E-state index in [1.54, 1.807) is 7.11 Å². The van der Waals surface area contributed by atoms with E-state index in [1.165, 1.54) is 24.8 Å². The third-order valence-electron chi connectivity index (χ3n) is 4.06. The Morgan fingerprint density at radius 3 is 2.44 bits per heavy atom. The maximum atomic E-state index is 10.4. The Balaban J connectivity index is 1.81. The number of aliphatic hydroxyl groups is 1. The highest BCUT2D eigenvalue weighted by atomic mass is 16.5. The van der Waals surface area contributed by atoms with E-state index in [0.29, 0.717) is 0 Å². The average Bonchev–Trinajstić information content (AvgIpc) is 2.32. The molecule has 0 saturated heterocycles. The number of methoxy groups -OCH3 is 1. The van der Waals surface area contributed by atoms with Gasteiger partial charge in [0.2, 0.25) is 0 Å². The van der Waals surface area contributed by atoms with E-state index in [9.17, 15) is 5.11 Å². The fourth-order valence-electron chi connectivity index (χ4n) is 2.63. The first-order valence-electron chi connectivity index (χ1n) is 6.94. The zero-order valence-corrected chi connectivity index (χ0v) is 11.5. The lowest BCUT2D eigenvalue weighted by atomic mass is 9.76. The van der Waals surface area contributed by atoms with Crippen molar-refractivity contribution in [1.82, 2.24) is 0 Å². The predicted molar refractivity (Wildman–Crippen MR) is 73.9 cm³/mol. The van der Waals surface area contributed by atoms with Crippen LogP contribution in [0.5, 0.6) is 5.75 Å². The highest BCUT2D eigenvalue weighted by Gasteiger charge is 2.28. The summed E-state index contributed by atoms with van der Waals surface area (Å²) in [5.74, 6) is 1.65. The third-order valence-corrected chi connectivity index (χ3v) is 4.06. The molecule has 1 atom stereocenters. The second kappa shape index (κ2) is 5.75. The van der Waals surface area contributed by atoms with Crippen LogP contribution >= 0.6 is 0 Å². The molecule has 0 aliphatic heterocycles. The monoisotopic (exact) mass is 248 g/mol. The number of hydrogen-bond donors (Lipinski definition) is 1. The predicted octanol–water partition coefficient (Wildman–Crippen LogP) is 3.57. The molecular formula is C16H24O2. The second-order valence-corrected chi connectivity index (χ2v) is 5.85. The van der Waals surface area contributed by atoms with Crippen molar-refractivity contribution in [2.24, 2.45) is 5.92 Å². The summed E-state index contributed by atoms with van der Waals surface area (Å²) in [5, 5.41) is 10.4. The smallest absolute Gasteiger partial charge is 0.118 e. The Bertz CT molecular complexity index is 363. The summed E-state index contributed by atoms with van der Waals surface area (Å²) >= 11 is 0. The second-order valence-electron chi connectivity index (χ2n) is 5.85. The van der Waals surface area contributed by atoms with Crippen LogP contribution in [0, 0.1) is 5.92 Å². The zero-order valence-electron chi connectivity index (χ0n) is 11.5. The fraction of sp³-hybridized carbons (Fsp3) is 0.625. The molecule has 1 saturated carbocycles. The largest absolute Gasteiger partial charge is 0.497 e. The van der Waals surface area contributed by atoms with E-state index >= 15 is 0 Å². The van der Waals surface area contributed by atoms with E-state index in [1.807, 2.05) is 19.1 Å². The minimum atomic E-state index is -0.509. The summed E-state index contributed by atoms with van der Waals surface area (Å²) in [6.45, 7) is 1.98. The van der Waals surface area contributed by atoms with Gasteiger partial charge in [-0.3, -0.25) is 0 Å². The summed E-state index contributed by atoms with van der Waals surface area (Å²) in [7, 11) is 1.68. The van der Waals surface area contributed by atoms with Gasteiger partial charge in [-0.25, -0.2) is 0 Å². The van der Waals surface area contributed by atoms with Gasteiger partial charge in [0.15, 0.2) is 0 Å². The highest BCUT2D eigenvalue weighted by Crippen LogP contribution is 2.35. The molecule has 0 radical (unpaired) electrons. The standard InChI is InChI=1S/C16H24O2/c1-16(17,12-14-4-3-5-14)11-10-13-6-8-15(18-2)9-7-13/h6-9,14,17H,3-5,10-12H2,1-2H3. The van der Waals surface area contributed by atoms with Crippen molar-refractivity contribution in [3.05, 3.63) is 29.8 Å². The maximum Gasteiger partial charge on any atom is 0.118 e. The molecule has 1 aromatic carbocycles. The average molecular weight is 248 g/mol. The summed E-state index contributed by atoms with van der Waals surface area (Å²) in [5.41, 5.74) is 0.759. The van der Waals surface area contributed by atoms with Gasteiger partial charge < -0.3 is 9.84 Å². The lowest BCUT2D eigenvalue weighted by Gasteiger charge is -2.33. The molecular weight excluding hydrogens is 224 g/mol. The molecule has 0 heterocycles. The SMILES string of the molecule is COc1ccc(CCC(C)(O)CC2CCC2)cc1. The first kappa shape index (κ1) is 13.4. The molecule has 0 aromatic heterocycles. The molecule has 0 amide bonds. The Kier molecular flexibility index (Phi) is 4.28. The third kappa shape index (κ3) is 3.74. The van der Waals surface area contributed by atoms with Crippen LogP contribution in [-0.4, -0.2) is 17.8 Å². The molecule has 1 aromatic rings. The van der Waals surface area contributed by atoms with Gasteiger partial charge in [0.05, 0.1) is 12.7 Å². The van der Waals surface area contributed by atoms with Crippen LogP contribution in [0.2, 0.25) is 0 Å². The van der Waals surface area contributed by atoms with Crippen LogP contribution in [0.3, 0.4) is 0 Å². The number of hydrogen-bond acceptors (Lipinski definition) is 2. The quantitative estimate of drug-likeness (QED) is 0.834. The molecule has 2 nitrogen and oxygen atoms in total. The molecule has 1 aliphatic carbocycles. The molecule has 1 N–H and O–H groups in total. The summed E-state index contributed by atoms with van der Waals surface area (Å²) in [6.07, 6.45) is 6.69. The molecule has 0 spiro atoms. The number of benzene rings is 1. The van der Waals surface area contributed by atoms with Gasteiger partial charge in [-0.2, -0.15) is 0 Å². The van der Waals surface area contributed by atoms with E-state index in [-0.39, 0.29) is 0 Å².